The number of piperazine rings is 1. The van der Waals surface area contributed by atoms with E-state index in [-0.39, 0.29) is 17.5 Å². The fourth-order valence-electron chi connectivity index (χ4n) is 4.43. The highest BCUT2D eigenvalue weighted by Gasteiger charge is 2.31. The van der Waals surface area contributed by atoms with Crippen molar-refractivity contribution in [1.82, 2.24) is 19.9 Å². The van der Waals surface area contributed by atoms with E-state index in [1.54, 1.807) is 24.5 Å². The molecule has 1 atom stereocenters. The summed E-state index contributed by atoms with van der Waals surface area (Å²) in [4.78, 5) is 35.3. The number of ketones is 1. The molecular formula is C23H23FN6O. The van der Waals surface area contributed by atoms with Crippen molar-refractivity contribution in [2.75, 3.05) is 36.0 Å². The summed E-state index contributed by atoms with van der Waals surface area (Å²) in [6.45, 7) is 4.95. The standard InChI is InChI=1S/C23H23FN6O/c1-15-21-19(13-17(14-20(21)31)16-3-5-18(24)6-4-16)28-23(27-15)30-11-9-29(10-12-30)22-25-7-2-8-26-22/h2-8,17H,9-14H2,1H3/t17-/m0/s1. The van der Waals surface area contributed by atoms with Gasteiger partial charge in [0.2, 0.25) is 11.9 Å². The first kappa shape index (κ1) is 19.5. The van der Waals surface area contributed by atoms with Gasteiger partial charge >= 0.3 is 0 Å². The zero-order valence-electron chi connectivity index (χ0n) is 17.3. The molecule has 1 aliphatic heterocycles. The van der Waals surface area contributed by atoms with Gasteiger partial charge in [-0.25, -0.2) is 24.3 Å². The lowest BCUT2D eigenvalue weighted by Crippen LogP contribution is -2.48. The highest BCUT2D eigenvalue weighted by Crippen LogP contribution is 2.34. The lowest BCUT2D eigenvalue weighted by Gasteiger charge is -2.35. The van der Waals surface area contributed by atoms with Gasteiger partial charge in [-0.3, -0.25) is 4.79 Å². The number of carbonyl (C=O) groups is 1. The van der Waals surface area contributed by atoms with Crippen LogP contribution >= 0.6 is 0 Å². The van der Waals surface area contributed by atoms with E-state index in [4.69, 9.17) is 4.98 Å². The summed E-state index contributed by atoms with van der Waals surface area (Å²) >= 11 is 0. The van der Waals surface area contributed by atoms with Crippen molar-refractivity contribution in [3.63, 3.8) is 0 Å². The number of fused-ring (bicyclic) bond motifs is 1. The summed E-state index contributed by atoms with van der Waals surface area (Å²) < 4.78 is 13.3. The molecule has 0 amide bonds. The van der Waals surface area contributed by atoms with Crippen molar-refractivity contribution < 1.29 is 9.18 Å². The van der Waals surface area contributed by atoms with E-state index in [2.05, 4.69) is 24.8 Å². The van der Waals surface area contributed by atoms with Crippen LogP contribution in [0.5, 0.6) is 0 Å². The van der Waals surface area contributed by atoms with Crippen molar-refractivity contribution >= 4 is 17.7 Å². The molecule has 0 unspecified atom stereocenters. The molecule has 3 heterocycles. The fourth-order valence-corrected chi connectivity index (χ4v) is 4.43. The first-order valence-corrected chi connectivity index (χ1v) is 10.5. The molecule has 0 bridgehead atoms. The summed E-state index contributed by atoms with van der Waals surface area (Å²) in [5.41, 5.74) is 3.14. The van der Waals surface area contributed by atoms with Crippen LogP contribution in [-0.4, -0.2) is 51.9 Å². The molecule has 5 rings (SSSR count). The molecule has 2 aliphatic rings. The molecule has 2 aromatic heterocycles. The van der Waals surface area contributed by atoms with Crippen LogP contribution in [0, 0.1) is 12.7 Å². The van der Waals surface area contributed by atoms with Crippen LogP contribution in [0.25, 0.3) is 0 Å². The Hall–Kier alpha value is -3.42. The van der Waals surface area contributed by atoms with Gasteiger partial charge in [-0.15, -0.1) is 0 Å². The van der Waals surface area contributed by atoms with Gasteiger partial charge in [-0.1, -0.05) is 12.1 Å². The Kier molecular flexibility index (Phi) is 5.05. The first-order valence-electron chi connectivity index (χ1n) is 10.5. The smallest absolute Gasteiger partial charge is 0.225 e. The second-order valence-corrected chi connectivity index (χ2v) is 8.03. The Balaban J connectivity index is 1.36. The van der Waals surface area contributed by atoms with Crippen molar-refractivity contribution in [3.8, 4) is 0 Å². The fraction of sp³-hybridized carbons (Fsp3) is 0.348. The second-order valence-electron chi connectivity index (χ2n) is 8.03. The minimum absolute atomic E-state index is 0.00910. The third kappa shape index (κ3) is 3.85. The molecule has 8 heteroatoms. The summed E-state index contributed by atoms with van der Waals surface area (Å²) in [5, 5.41) is 0. The number of benzene rings is 1. The third-order valence-corrected chi connectivity index (χ3v) is 6.04. The Morgan fingerprint density at radius 2 is 1.55 bits per heavy atom. The number of Topliss-reactive ketones (excluding diaryl/α,β-unsaturated/α-hetero) is 1. The molecule has 31 heavy (non-hydrogen) atoms. The molecule has 0 saturated carbocycles. The number of hydrogen-bond acceptors (Lipinski definition) is 7. The maximum Gasteiger partial charge on any atom is 0.225 e. The molecule has 0 spiro atoms. The predicted molar refractivity (Wildman–Crippen MR) is 115 cm³/mol. The third-order valence-electron chi connectivity index (χ3n) is 6.04. The zero-order chi connectivity index (χ0) is 21.4. The molecule has 1 aliphatic carbocycles. The van der Waals surface area contributed by atoms with E-state index in [1.807, 2.05) is 13.0 Å². The van der Waals surface area contributed by atoms with Crippen LogP contribution in [-0.2, 0) is 6.42 Å². The summed E-state index contributed by atoms with van der Waals surface area (Å²) in [7, 11) is 0. The maximum atomic E-state index is 13.3. The Morgan fingerprint density at radius 1 is 0.903 bits per heavy atom. The summed E-state index contributed by atoms with van der Waals surface area (Å²) in [5.74, 6) is 1.20. The lowest BCUT2D eigenvalue weighted by molar-refractivity contribution is 0.0962. The zero-order valence-corrected chi connectivity index (χ0v) is 17.3. The number of hydrogen-bond donors (Lipinski definition) is 0. The molecule has 158 valence electrons. The van der Waals surface area contributed by atoms with Gasteiger partial charge in [0.15, 0.2) is 5.78 Å². The van der Waals surface area contributed by atoms with Crippen LogP contribution in [0.3, 0.4) is 0 Å². The van der Waals surface area contributed by atoms with E-state index in [9.17, 15) is 9.18 Å². The number of carbonyl (C=O) groups excluding carboxylic acids is 1. The van der Waals surface area contributed by atoms with Crippen LogP contribution < -0.4 is 9.80 Å². The Labute approximate surface area is 180 Å². The average Bonchev–Trinajstić information content (AvgIpc) is 2.79. The molecule has 7 nitrogen and oxygen atoms in total. The molecule has 0 N–H and O–H groups in total. The molecule has 1 fully saturated rings. The van der Waals surface area contributed by atoms with Gasteiger partial charge in [0, 0.05) is 45.0 Å². The predicted octanol–water partition coefficient (Wildman–Crippen LogP) is 2.95. The number of nitrogens with zero attached hydrogens (tertiary/aromatic N) is 6. The first-order chi connectivity index (χ1) is 15.1. The van der Waals surface area contributed by atoms with Crippen LogP contribution in [0.1, 0.15) is 39.6 Å². The number of anilines is 2. The van der Waals surface area contributed by atoms with Crippen molar-refractivity contribution in [2.24, 2.45) is 0 Å². The SMILES string of the molecule is Cc1nc(N2CCN(c3ncccn3)CC2)nc2c1C(=O)C[C@@H](c1ccc(F)cc1)C2. The minimum Gasteiger partial charge on any atom is -0.337 e. The van der Waals surface area contributed by atoms with Crippen LogP contribution in [0.2, 0.25) is 0 Å². The van der Waals surface area contributed by atoms with Crippen LogP contribution in [0.15, 0.2) is 42.7 Å². The van der Waals surface area contributed by atoms with Gasteiger partial charge in [-0.2, -0.15) is 0 Å². The van der Waals surface area contributed by atoms with Crippen LogP contribution in [0.4, 0.5) is 16.3 Å². The largest absolute Gasteiger partial charge is 0.337 e. The van der Waals surface area contributed by atoms with E-state index in [1.165, 1.54) is 12.1 Å². The Bertz CT molecular complexity index is 1100. The van der Waals surface area contributed by atoms with Crippen molar-refractivity contribution in [2.45, 2.75) is 25.7 Å². The van der Waals surface area contributed by atoms with Gasteiger partial charge in [-0.05, 0) is 43.0 Å². The monoisotopic (exact) mass is 418 g/mol. The quantitative estimate of drug-likeness (QED) is 0.647. The molecule has 3 aromatic rings. The number of rotatable bonds is 3. The Morgan fingerprint density at radius 3 is 2.23 bits per heavy atom. The topological polar surface area (TPSA) is 75.1 Å². The van der Waals surface area contributed by atoms with E-state index < -0.39 is 0 Å². The minimum atomic E-state index is -0.271. The summed E-state index contributed by atoms with van der Waals surface area (Å²) in [6.07, 6.45) is 4.55. The highest BCUT2D eigenvalue weighted by molar-refractivity contribution is 5.99. The normalized spacial score (nSPS) is 18.8. The average molecular weight is 418 g/mol. The molecular weight excluding hydrogens is 395 g/mol. The molecule has 1 aromatic carbocycles. The van der Waals surface area contributed by atoms with E-state index >= 15 is 0 Å². The number of aromatic nitrogens is 4. The van der Waals surface area contributed by atoms with Crippen molar-refractivity contribution in [3.05, 3.63) is 71.1 Å². The number of aryl methyl sites for hydroxylation is 1. The van der Waals surface area contributed by atoms with E-state index in [0.29, 0.717) is 24.4 Å². The summed E-state index contributed by atoms with van der Waals surface area (Å²) in [6, 6.07) is 8.23. The van der Waals surface area contributed by atoms with Gasteiger partial charge in [0.05, 0.1) is 17.0 Å². The highest BCUT2D eigenvalue weighted by atomic mass is 19.1. The van der Waals surface area contributed by atoms with Gasteiger partial charge in [0.1, 0.15) is 5.82 Å². The molecule has 1 saturated heterocycles. The molecule has 0 radical (unpaired) electrons. The van der Waals surface area contributed by atoms with Gasteiger partial charge < -0.3 is 9.80 Å². The number of halogens is 1. The van der Waals surface area contributed by atoms with Gasteiger partial charge in [0.25, 0.3) is 0 Å². The second kappa shape index (κ2) is 8.02. The maximum absolute atomic E-state index is 13.3. The lowest BCUT2D eigenvalue weighted by atomic mass is 9.81. The van der Waals surface area contributed by atoms with E-state index in [0.717, 1.165) is 49.1 Å². The van der Waals surface area contributed by atoms with Crippen molar-refractivity contribution in [1.29, 1.82) is 0 Å².